The molecule has 2 rings (SSSR count). The highest BCUT2D eigenvalue weighted by Gasteiger charge is 2.31. The Kier molecular flexibility index (Phi) is 5.59. The van der Waals surface area contributed by atoms with Gasteiger partial charge in [-0.1, -0.05) is 32.0 Å². The lowest BCUT2D eigenvalue weighted by Crippen LogP contribution is -2.47. The molecule has 0 spiro atoms. The molecule has 1 N–H and O–H groups in total. The van der Waals surface area contributed by atoms with Crippen molar-refractivity contribution < 1.29 is 4.74 Å². The number of para-hydroxylation sites is 1. The van der Waals surface area contributed by atoms with Gasteiger partial charge in [-0.15, -0.1) is 0 Å². The lowest BCUT2D eigenvalue weighted by molar-refractivity contribution is 0.237. The van der Waals surface area contributed by atoms with Crippen LogP contribution >= 0.6 is 11.8 Å². The van der Waals surface area contributed by atoms with Crippen molar-refractivity contribution in [2.75, 3.05) is 24.7 Å². The standard InChI is InChI=1S/C16H25NOS/c1-16(2)9-12-19-13-15(16)17-10-6-11-18-14-7-4-3-5-8-14/h3-5,7-8,15,17H,6,9-13H2,1-2H3. The highest BCUT2D eigenvalue weighted by atomic mass is 32.2. The number of rotatable bonds is 6. The van der Waals surface area contributed by atoms with Gasteiger partial charge in [0.05, 0.1) is 6.61 Å². The van der Waals surface area contributed by atoms with E-state index in [1.807, 2.05) is 30.3 Å². The number of nitrogens with one attached hydrogen (secondary N) is 1. The fourth-order valence-corrected chi connectivity index (χ4v) is 3.97. The van der Waals surface area contributed by atoms with Crippen molar-refractivity contribution >= 4 is 11.8 Å². The predicted molar refractivity (Wildman–Crippen MR) is 84.1 cm³/mol. The van der Waals surface area contributed by atoms with Crippen molar-refractivity contribution in [1.29, 1.82) is 0 Å². The van der Waals surface area contributed by atoms with Crippen LogP contribution in [0.4, 0.5) is 0 Å². The largest absolute Gasteiger partial charge is 0.494 e. The van der Waals surface area contributed by atoms with Crippen LogP contribution in [0.2, 0.25) is 0 Å². The lowest BCUT2D eigenvalue weighted by atomic mass is 9.82. The van der Waals surface area contributed by atoms with Gasteiger partial charge in [-0.05, 0) is 42.7 Å². The van der Waals surface area contributed by atoms with Crippen LogP contribution in [0.5, 0.6) is 5.75 Å². The van der Waals surface area contributed by atoms with Gasteiger partial charge < -0.3 is 10.1 Å². The van der Waals surface area contributed by atoms with Gasteiger partial charge in [0.2, 0.25) is 0 Å². The number of thioether (sulfide) groups is 1. The fourth-order valence-electron chi connectivity index (χ4n) is 2.33. The van der Waals surface area contributed by atoms with Crippen LogP contribution in [-0.4, -0.2) is 30.7 Å². The van der Waals surface area contributed by atoms with Crippen LogP contribution < -0.4 is 10.1 Å². The summed E-state index contributed by atoms with van der Waals surface area (Å²) in [5, 5.41) is 3.70. The van der Waals surface area contributed by atoms with Gasteiger partial charge in [-0.25, -0.2) is 0 Å². The highest BCUT2D eigenvalue weighted by Crippen LogP contribution is 2.33. The van der Waals surface area contributed by atoms with Crippen molar-refractivity contribution in [2.45, 2.75) is 32.7 Å². The van der Waals surface area contributed by atoms with Crippen LogP contribution in [0.25, 0.3) is 0 Å². The molecule has 0 saturated carbocycles. The smallest absolute Gasteiger partial charge is 0.119 e. The highest BCUT2D eigenvalue weighted by molar-refractivity contribution is 7.99. The molecular formula is C16H25NOS. The van der Waals surface area contributed by atoms with Gasteiger partial charge in [0.15, 0.2) is 0 Å². The maximum absolute atomic E-state index is 5.70. The van der Waals surface area contributed by atoms with Gasteiger partial charge in [0, 0.05) is 11.8 Å². The first-order chi connectivity index (χ1) is 9.18. The van der Waals surface area contributed by atoms with E-state index in [1.165, 1.54) is 17.9 Å². The van der Waals surface area contributed by atoms with Gasteiger partial charge >= 0.3 is 0 Å². The van der Waals surface area contributed by atoms with Gasteiger partial charge in [0.25, 0.3) is 0 Å². The summed E-state index contributed by atoms with van der Waals surface area (Å²) >= 11 is 2.07. The topological polar surface area (TPSA) is 21.3 Å². The first-order valence-corrected chi connectivity index (χ1v) is 8.33. The molecule has 1 fully saturated rings. The van der Waals surface area contributed by atoms with Crippen LogP contribution in [0.15, 0.2) is 30.3 Å². The Labute approximate surface area is 121 Å². The van der Waals surface area contributed by atoms with E-state index in [0.717, 1.165) is 25.3 Å². The number of hydrogen-bond donors (Lipinski definition) is 1. The monoisotopic (exact) mass is 279 g/mol. The van der Waals surface area contributed by atoms with E-state index in [-0.39, 0.29) is 0 Å². The molecule has 3 heteroatoms. The summed E-state index contributed by atoms with van der Waals surface area (Å²) in [6.45, 7) is 6.59. The zero-order valence-corrected chi connectivity index (χ0v) is 12.8. The second kappa shape index (κ2) is 7.20. The van der Waals surface area contributed by atoms with Crippen molar-refractivity contribution in [2.24, 2.45) is 5.41 Å². The Balaban J connectivity index is 1.61. The van der Waals surface area contributed by atoms with E-state index in [9.17, 15) is 0 Å². The first kappa shape index (κ1) is 14.7. The Bertz CT molecular complexity index is 366. The van der Waals surface area contributed by atoms with Crippen LogP contribution in [-0.2, 0) is 0 Å². The van der Waals surface area contributed by atoms with E-state index in [2.05, 4.69) is 30.9 Å². The summed E-state index contributed by atoms with van der Waals surface area (Å²) in [6.07, 6.45) is 2.38. The third-order valence-electron chi connectivity index (χ3n) is 3.84. The average Bonchev–Trinajstić information content (AvgIpc) is 2.41. The molecule has 1 aliphatic rings. The van der Waals surface area contributed by atoms with Crippen molar-refractivity contribution in [1.82, 2.24) is 5.32 Å². The van der Waals surface area contributed by atoms with Gasteiger partial charge in [0.1, 0.15) is 5.75 Å². The normalized spacial score (nSPS) is 22.1. The van der Waals surface area contributed by atoms with Crippen molar-refractivity contribution in [3.8, 4) is 5.75 Å². The zero-order valence-electron chi connectivity index (χ0n) is 12.0. The van der Waals surface area contributed by atoms with Crippen LogP contribution in [0.1, 0.15) is 26.7 Å². The fraction of sp³-hybridized carbons (Fsp3) is 0.625. The molecule has 0 amide bonds. The SMILES string of the molecule is CC1(C)CCSCC1NCCCOc1ccccc1. The Morgan fingerprint density at radius 2 is 2.11 bits per heavy atom. The molecule has 2 nitrogen and oxygen atoms in total. The molecule has 1 aromatic carbocycles. The number of ether oxygens (including phenoxy) is 1. The van der Waals surface area contributed by atoms with E-state index in [4.69, 9.17) is 4.74 Å². The lowest BCUT2D eigenvalue weighted by Gasteiger charge is -2.38. The summed E-state index contributed by atoms with van der Waals surface area (Å²) < 4.78 is 5.70. The maximum atomic E-state index is 5.70. The van der Waals surface area contributed by atoms with Crippen molar-refractivity contribution in [3.05, 3.63) is 30.3 Å². The summed E-state index contributed by atoms with van der Waals surface area (Å²) in [7, 11) is 0. The molecule has 0 radical (unpaired) electrons. The summed E-state index contributed by atoms with van der Waals surface area (Å²) in [5.41, 5.74) is 0.436. The third kappa shape index (κ3) is 4.73. The minimum absolute atomic E-state index is 0.436. The molecule has 1 saturated heterocycles. The van der Waals surface area contributed by atoms with E-state index >= 15 is 0 Å². The quantitative estimate of drug-likeness (QED) is 0.804. The molecule has 1 atom stereocenters. The van der Waals surface area contributed by atoms with Gasteiger partial charge in [-0.3, -0.25) is 0 Å². The Morgan fingerprint density at radius 1 is 1.32 bits per heavy atom. The molecule has 106 valence electrons. The maximum Gasteiger partial charge on any atom is 0.119 e. The molecule has 1 aromatic rings. The van der Waals surface area contributed by atoms with Crippen molar-refractivity contribution in [3.63, 3.8) is 0 Å². The number of benzene rings is 1. The second-order valence-corrected chi connectivity index (χ2v) is 6.99. The molecule has 0 aromatic heterocycles. The Hall–Kier alpha value is -0.670. The summed E-state index contributed by atoms with van der Waals surface area (Å²) in [4.78, 5) is 0. The minimum Gasteiger partial charge on any atom is -0.494 e. The minimum atomic E-state index is 0.436. The van der Waals surface area contributed by atoms with Crippen LogP contribution in [0, 0.1) is 5.41 Å². The zero-order chi connectivity index (χ0) is 13.6. The van der Waals surface area contributed by atoms with E-state index < -0.39 is 0 Å². The molecule has 1 heterocycles. The molecule has 1 unspecified atom stereocenters. The third-order valence-corrected chi connectivity index (χ3v) is 4.90. The summed E-state index contributed by atoms with van der Waals surface area (Å²) in [5.74, 6) is 3.52. The van der Waals surface area contributed by atoms with E-state index in [1.54, 1.807) is 0 Å². The summed E-state index contributed by atoms with van der Waals surface area (Å²) in [6, 6.07) is 10.7. The van der Waals surface area contributed by atoms with Crippen LogP contribution in [0.3, 0.4) is 0 Å². The molecule has 0 aliphatic carbocycles. The number of hydrogen-bond acceptors (Lipinski definition) is 3. The molecule has 1 aliphatic heterocycles. The first-order valence-electron chi connectivity index (χ1n) is 7.17. The molecule has 19 heavy (non-hydrogen) atoms. The van der Waals surface area contributed by atoms with E-state index in [0.29, 0.717) is 11.5 Å². The second-order valence-electron chi connectivity index (χ2n) is 5.84. The predicted octanol–water partition coefficient (Wildman–Crippen LogP) is 3.58. The Morgan fingerprint density at radius 3 is 2.84 bits per heavy atom. The average molecular weight is 279 g/mol. The molecular weight excluding hydrogens is 254 g/mol. The van der Waals surface area contributed by atoms with Gasteiger partial charge in [-0.2, -0.15) is 11.8 Å². The molecule has 0 bridgehead atoms.